The number of ketones is 1. The van der Waals surface area contributed by atoms with Crippen LogP contribution in [0.5, 0.6) is 11.6 Å². The van der Waals surface area contributed by atoms with Crippen LogP contribution in [0.4, 0.5) is 15.8 Å². The number of fused-ring (bicyclic) bond motifs is 2. The van der Waals surface area contributed by atoms with Gasteiger partial charge in [0.2, 0.25) is 0 Å². The first-order valence-electron chi connectivity index (χ1n) is 10.4. The van der Waals surface area contributed by atoms with Crippen molar-refractivity contribution in [2.24, 2.45) is 0 Å². The molecule has 168 valence electrons. The average molecular weight is 467 g/mol. The van der Waals surface area contributed by atoms with Gasteiger partial charge in [-0.25, -0.2) is 9.37 Å². The molecule has 0 atom stereocenters. The summed E-state index contributed by atoms with van der Waals surface area (Å²) >= 11 is 6.32. The van der Waals surface area contributed by atoms with Crippen molar-refractivity contribution in [3.8, 4) is 22.9 Å². The van der Waals surface area contributed by atoms with Crippen LogP contribution < -0.4 is 14.8 Å². The highest BCUT2D eigenvalue weighted by Gasteiger charge is 2.28. The Hall–Kier alpha value is -3.65. The number of aromatic nitrogens is 3. The smallest absolute Gasteiger partial charge is 0.250 e. The van der Waals surface area contributed by atoms with Gasteiger partial charge in [-0.1, -0.05) is 17.7 Å². The number of carbonyl (C=O) groups excluding carboxylic acids is 1. The lowest BCUT2D eigenvalue weighted by Crippen LogP contribution is -2.11. The Morgan fingerprint density at radius 2 is 2.03 bits per heavy atom. The summed E-state index contributed by atoms with van der Waals surface area (Å²) in [7, 11) is 2.89. The molecule has 7 nitrogen and oxygen atoms in total. The molecule has 33 heavy (non-hydrogen) atoms. The van der Waals surface area contributed by atoms with Crippen molar-refractivity contribution in [2.45, 2.75) is 19.3 Å². The maximum Gasteiger partial charge on any atom is 0.250 e. The Balaban J connectivity index is 1.76. The largest absolute Gasteiger partial charge is 0.493 e. The van der Waals surface area contributed by atoms with Gasteiger partial charge in [-0.15, -0.1) is 0 Å². The zero-order chi connectivity index (χ0) is 23.1. The number of rotatable bonds is 5. The van der Waals surface area contributed by atoms with E-state index in [9.17, 15) is 9.18 Å². The van der Waals surface area contributed by atoms with Crippen molar-refractivity contribution >= 4 is 39.8 Å². The summed E-state index contributed by atoms with van der Waals surface area (Å²) in [5.74, 6) is -0.227. The maximum absolute atomic E-state index is 14.3. The van der Waals surface area contributed by atoms with Crippen LogP contribution in [0.25, 0.3) is 22.3 Å². The fourth-order valence-corrected chi connectivity index (χ4v) is 4.50. The number of anilines is 2. The molecule has 0 saturated carbocycles. The van der Waals surface area contributed by atoms with E-state index >= 15 is 0 Å². The number of nitrogens with one attached hydrogen (secondary N) is 2. The molecule has 1 aliphatic carbocycles. The quantitative estimate of drug-likeness (QED) is 0.392. The van der Waals surface area contributed by atoms with E-state index in [1.807, 2.05) is 6.07 Å². The van der Waals surface area contributed by atoms with Crippen LogP contribution in [-0.2, 0) is 6.42 Å². The van der Waals surface area contributed by atoms with Gasteiger partial charge in [0.15, 0.2) is 17.3 Å². The molecular formula is C24H20ClFN4O3. The fourth-order valence-electron chi connectivity index (χ4n) is 4.25. The van der Waals surface area contributed by atoms with Gasteiger partial charge in [0.05, 0.1) is 47.4 Å². The number of Topliss-reactive ketones (excluding diaryl/α,β-unsaturated/α-hetero) is 1. The van der Waals surface area contributed by atoms with Crippen LogP contribution >= 0.6 is 11.6 Å². The third kappa shape index (κ3) is 3.56. The molecule has 0 aliphatic heterocycles. The van der Waals surface area contributed by atoms with Crippen molar-refractivity contribution in [1.29, 1.82) is 0 Å². The Kier molecular flexibility index (Phi) is 5.38. The van der Waals surface area contributed by atoms with E-state index in [-0.39, 0.29) is 11.7 Å². The molecule has 2 N–H and O–H groups in total. The molecular weight excluding hydrogens is 447 g/mol. The monoisotopic (exact) mass is 466 g/mol. The number of halogens is 2. The minimum absolute atomic E-state index is 0.0391. The third-order valence-corrected chi connectivity index (χ3v) is 6.01. The van der Waals surface area contributed by atoms with E-state index in [0.29, 0.717) is 56.4 Å². The number of aryl methyl sites for hydroxylation is 1. The number of H-pyrrole nitrogens is 1. The molecule has 3 heterocycles. The first-order chi connectivity index (χ1) is 16.0. The molecule has 5 rings (SSSR count). The number of para-hydroxylation sites is 1. The number of nitrogens with zero attached hydrogens (tertiary/aromatic N) is 2. The van der Waals surface area contributed by atoms with Gasteiger partial charge in [-0.05, 0) is 31.0 Å². The summed E-state index contributed by atoms with van der Waals surface area (Å²) in [5.41, 5.74) is 4.75. The molecule has 0 saturated heterocycles. The summed E-state index contributed by atoms with van der Waals surface area (Å²) in [6.07, 6.45) is 3.54. The number of benzene rings is 1. The molecule has 0 unspecified atom stereocenters. The zero-order valence-corrected chi connectivity index (χ0v) is 18.7. The van der Waals surface area contributed by atoms with Crippen molar-refractivity contribution in [3.05, 3.63) is 58.6 Å². The predicted octanol–water partition coefficient (Wildman–Crippen LogP) is 5.70. The number of pyridine rings is 2. The maximum atomic E-state index is 14.3. The number of ether oxygens (including phenoxy) is 2. The van der Waals surface area contributed by atoms with E-state index in [0.717, 1.165) is 18.5 Å². The highest BCUT2D eigenvalue weighted by molar-refractivity contribution is 6.32. The second-order valence-electron chi connectivity index (χ2n) is 7.66. The lowest BCUT2D eigenvalue weighted by molar-refractivity contribution is 0.0973. The Labute approximate surface area is 193 Å². The zero-order valence-electron chi connectivity index (χ0n) is 18.0. The summed E-state index contributed by atoms with van der Waals surface area (Å²) < 4.78 is 24.8. The lowest BCUT2D eigenvalue weighted by atomic mass is 9.94. The Morgan fingerprint density at radius 1 is 1.18 bits per heavy atom. The molecule has 4 aromatic rings. The van der Waals surface area contributed by atoms with Gasteiger partial charge >= 0.3 is 0 Å². The van der Waals surface area contributed by atoms with Crippen molar-refractivity contribution in [1.82, 2.24) is 15.0 Å². The molecule has 3 aromatic heterocycles. The van der Waals surface area contributed by atoms with E-state index in [2.05, 4.69) is 20.3 Å². The van der Waals surface area contributed by atoms with Crippen LogP contribution in [0.3, 0.4) is 0 Å². The number of aromatic amines is 1. The summed E-state index contributed by atoms with van der Waals surface area (Å²) in [5, 5.41) is 3.80. The van der Waals surface area contributed by atoms with E-state index in [1.165, 1.54) is 20.3 Å². The highest BCUT2D eigenvalue weighted by Crippen LogP contribution is 2.43. The van der Waals surface area contributed by atoms with Crippen LogP contribution in [-0.4, -0.2) is 35.0 Å². The highest BCUT2D eigenvalue weighted by atomic mass is 35.5. The van der Waals surface area contributed by atoms with Gasteiger partial charge in [-0.2, -0.15) is 0 Å². The van der Waals surface area contributed by atoms with E-state index < -0.39 is 5.82 Å². The van der Waals surface area contributed by atoms with Crippen molar-refractivity contribution < 1.29 is 18.7 Å². The predicted molar refractivity (Wildman–Crippen MR) is 124 cm³/mol. The topological polar surface area (TPSA) is 89.1 Å². The second-order valence-corrected chi connectivity index (χ2v) is 8.06. The van der Waals surface area contributed by atoms with Gasteiger partial charge in [-0.3, -0.25) is 9.78 Å². The minimum atomic E-state index is -0.599. The number of methoxy groups -OCH3 is 2. The SMILES string of the molecule is COc1nc2c(-c3[nH]c4c(c3Nc3cccc(Cl)c3OC)C(=O)CCC4)ccnc2cc1F. The standard InChI is InChI=1S/C24H20ClFN4O3/c1-32-23-13(25)5-3-7-16(23)29-22-19-15(6-4-8-18(19)31)28-21(22)12-9-10-27-17-11-14(26)24(33-2)30-20(12)17/h3,5,7,9-11,28-29H,4,6,8H2,1-2H3. The van der Waals surface area contributed by atoms with Crippen molar-refractivity contribution in [3.63, 3.8) is 0 Å². The third-order valence-electron chi connectivity index (χ3n) is 5.71. The molecule has 0 bridgehead atoms. The first kappa shape index (κ1) is 21.2. The van der Waals surface area contributed by atoms with Gasteiger partial charge in [0.25, 0.3) is 5.88 Å². The Bertz CT molecular complexity index is 1400. The van der Waals surface area contributed by atoms with Gasteiger partial charge < -0.3 is 19.8 Å². The minimum Gasteiger partial charge on any atom is -0.493 e. The molecule has 1 aliphatic rings. The molecule has 0 radical (unpaired) electrons. The van der Waals surface area contributed by atoms with E-state index in [1.54, 1.807) is 24.4 Å². The normalized spacial score (nSPS) is 13.2. The van der Waals surface area contributed by atoms with Crippen molar-refractivity contribution in [2.75, 3.05) is 19.5 Å². The molecule has 1 aromatic carbocycles. The Morgan fingerprint density at radius 3 is 2.82 bits per heavy atom. The number of hydrogen-bond donors (Lipinski definition) is 2. The van der Waals surface area contributed by atoms with Gasteiger partial charge in [0, 0.05) is 29.9 Å². The van der Waals surface area contributed by atoms with Crippen LogP contribution in [0, 0.1) is 5.82 Å². The van der Waals surface area contributed by atoms with Crippen LogP contribution in [0.1, 0.15) is 28.9 Å². The molecule has 0 amide bonds. The van der Waals surface area contributed by atoms with Crippen LogP contribution in [0.15, 0.2) is 36.5 Å². The van der Waals surface area contributed by atoms with E-state index in [4.69, 9.17) is 21.1 Å². The first-order valence-corrected chi connectivity index (χ1v) is 10.8. The lowest BCUT2D eigenvalue weighted by Gasteiger charge is -2.16. The van der Waals surface area contributed by atoms with Gasteiger partial charge in [0.1, 0.15) is 5.52 Å². The fraction of sp³-hybridized carbons (Fsp3) is 0.208. The molecule has 0 fully saturated rings. The summed E-state index contributed by atoms with van der Waals surface area (Å²) in [6, 6.07) is 8.40. The summed E-state index contributed by atoms with van der Waals surface area (Å²) in [4.78, 5) is 25.0. The summed E-state index contributed by atoms with van der Waals surface area (Å²) in [6.45, 7) is 0. The average Bonchev–Trinajstić information content (AvgIpc) is 3.17. The number of carbonyl (C=O) groups is 1. The molecule has 0 spiro atoms. The number of hydrogen-bond acceptors (Lipinski definition) is 6. The molecule has 9 heteroatoms. The second kappa shape index (κ2) is 8.37. The van der Waals surface area contributed by atoms with Crippen LogP contribution in [0.2, 0.25) is 5.02 Å².